The number of aliphatic hydroxyl groups excluding tert-OH is 2. The van der Waals surface area contributed by atoms with Crippen molar-refractivity contribution in [2.45, 2.75) is 75.3 Å². The zero-order valence-electron chi connectivity index (χ0n) is 18.1. The number of ketones is 1. The van der Waals surface area contributed by atoms with Gasteiger partial charge in [-0.2, -0.15) is 0 Å². The maximum absolute atomic E-state index is 12.9. The maximum Gasteiger partial charge on any atom is 0.170 e. The highest BCUT2D eigenvalue weighted by Crippen LogP contribution is 2.43. The third-order valence-electron chi connectivity index (χ3n) is 7.09. The maximum atomic E-state index is 12.9. The van der Waals surface area contributed by atoms with Crippen molar-refractivity contribution in [1.82, 2.24) is 0 Å². The third kappa shape index (κ3) is 4.32. The van der Waals surface area contributed by atoms with E-state index in [0.717, 1.165) is 42.4 Å². The van der Waals surface area contributed by atoms with E-state index in [1.807, 2.05) is 36.4 Å². The SMILES string of the molecule is O=C1CC2(CCCC2)Oc2ccc(Cc3cc(C4CC(O)CC(CO)O4)ccc3Cl)cc21. The highest BCUT2D eigenvalue weighted by Gasteiger charge is 2.42. The van der Waals surface area contributed by atoms with Gasteiger partial charge in [-0.05, 0) is 67.0 Å². The van der Waals surface area contributed by atoms with E-state index in [-0.39, 0.29) is 30.2 Å². The number of Topliss-reactive ketones (excluding diaryl/α,β-unsaturated/α-hetero) is 1. The van der Waals surface area contributed by atoms with E-state index in [1.54, 1.807) is 0 Å². The number of hydrogen-bond donors (Lipinski definition) is 2. The molecule has 0 bridgehead atoms. The van der Waals surface area contributed by atoms with Gasteiger partial charge in [0, 0.05) is 17.9 Å². The molecule has 170 valence electrons. The summed E-state index contributed by atoms with van der Waals surface area (Å²) in [6.07, 6.45) is 4.99. The molecule has 2 aromatic carbocycles. The van der Waals surface area contributed by atoms with Crippen molar-refractivity contribution in [3.8, 4) is 5.75 Å². The predicted molar refractivity (Wildman–Crippen MR) is 121 cm³/mol. The van der Waals surface area contributed by atoms with Gasteiger partial charge >= 0.3 is 0 Å². The molecule has 32 heavy (non-hydrogen) atoms. The Hall–Kier alpha value is -1.92. The van der Waals surface area contributed by atoms with Crippen molar-refractivity contribution in [3.05, 3.63) is 63.7 Å². The van der Waals surface area contributed by atoms with Crippen molar-refractivity contribution >= 4 is 17.4 Å². The predicted octanol–water partition coefficient (Wildman–Crippen LogP) is 4.78. The number of rotatable bonds is 4. The molecule has 3 unspecified atom stereocenters. The van der Waals surface area contributed by atoms with E-state index >= 15 is 0 Å². The van der Waals surface area contributed by atoms with E-state index in [1.165, 1.54) is 0 Å². The minimum atomic E-state index is -0.500. The Morgan fingerprint density at radius 1 is 1.09 bits per heavy atom. The molecule has 2 N–H and O–H groups in total. The number of ether oxygens (including phenoxy) is 2. The molecular weight excluding hydrogens is 428 g/mol. The Morgan fingerprint density at radius 2 is 1.91 bits per heavy atom. The van der Waals surface area contributed by atoms with Crippen LogP contribution in [0.15, 0.2) is 36.4 Å². The lowest BCUT2D eigenvalue weighted by molar-refractivity contribution is -0.113. The minimum absolute atomic E-state index is 0.111. The third-order valence-corrected chi connectivity index (χ3v) is 7.45. The van der Waals surface area contributed by atoms with Crippen molar-refractivity contribution in [3.63, 3.8) is 0 Å². The monoisotopic (exact) mass is 456 g/mol. The zero-order valence-corrected chi connectivity index (χ0v) is 18.8. The molecule has 5 rings (SSSR count). The lowest BCUT2D eigenvalue weighted by Gasteiger charge is -2.34. The Kier molecular flexibility index (Phi) is 6.01. The molecule has 0 radical (unpaired) electrons. The fourth-order valence-electron chi connectivity index (χ4n) is 5.42. The van der Waals surface area contributed by atoms with Crippen LogP contribution in [0.1, 0.15) is 78.1 Å². The summed E-state index contributed by atoms with van der Waals surface area (Å²) in [4.78, 5) is 12.9. The summed E-state index contributed by atoms with van der Waals surface area (Å²) in [5.41, 5.74) is 3.24. The fourth-order valence-corrected chi connectivity index (χ4v) is 5.61. The molecule has 6 heteroatoms. The first-order valence-electron chi connectivity index (χ1n) is 11.5. The standard InChI is InChI=1S/C26H29ClO5/c27-22-5-4-17(25-13-19(29)12-20(15-28)31-25)11-18(22)9-16-3-6-24-21(10-16)23(30)14-26(32-24)7-1-2-8-26/h3-6,10-11,19-20,25,28-29H,1-2,7-9,12-15H2. The highest BCUT2D eigenvalue weighted by molar-refractivity contribution is 6.31. The van der Waals surface area contributed by atoms with Gasteiger partial charge in [-0.15, -0.1) is 0 Å². The molecule has 1 saturated heterocycles. The minimum Gasteiger partial charge on any atom is -0.486 e. The Morgan fingerprint density at radius 3 is 2.69 bits per heavy atom. The topological polar surface area (TPSA) is 76.0 Å². The molecule has 0 amide bonds. The van der Waals surface area contributed by atoms with Crippen LogP contribution in [0.4, 0.5) is 0 Å². The largest absolute Gasteiger partial charge is 0.486 e. The Bertz CT molecular complexity index is 1010. The summed E-state index contributed by atoms with van der Waals surface area (Å²) in [5.74, 6) is 0.862. The van der Waals surface area contributed by atoms with Gasteiger partial charge in [-0.25, -0.2) is 0 Å². The molecule has 2 heterocycles. The number of hydrogen-bond acceptors (Lipinski definition) is 5. The highest BCUT2D eigenvalue weighted by atomic mass is 35.5. The van der Waals surface area contributed by atoms with Crippen molar-refractivity contribution < 1.29 is 24.5 Å². The zero-order chi connectivity index (χ0) is 22.3. The van der Waals surface area contributed by atoms with Gasteiger partial charge in [0.25, 0.3) is 0 Å². The van der Waals surface area contributed by atoms with E-state index in [0.29, 0.717) is 42.0 Å². The molecule has 2 fully saturated rings. The van der Waals surface area contributed by atoms with Crippen molar-refractivity contribution in [2.75, 3.05) is 6.61 Å². The second-order valence-electron chi connectivity index (χ2n) is 9.50. The van der Waals surface area contributed by atoms with Gasteiger partial charge < -0.3 is 19.7 Å². The lowest BCUT2D eigenvalue weighted by Crippen LogP contribution is -2.39. The molecular formula is C26H29ClO5. The van der Waals surface area contributed by atoms with Crippen LogP contribution in [0.2, 0.25) is 5.02 Å². The van der Waals surface area contributed by atoms with Gasteiger partial charge in [0.15, 0.2) is 5.78 Å². The van der Waals surface area contributed by atoms with Crippen LogP contribution in [-0.2, 0) is 11.2 Å². The molecule has 3 aliphatic rings. The van der Waals surface area contributed by atoms with Crippen molar-refractivity contribution in [2.24, 2.45) is 0 Å². The molecule has 1 aliphatic carbocycles. The summed E-state index contributed by atoms with van der Waals surface area (Å²) in [5, 5.41) is 20.3. The average molecular weight is 457 g/mol. The molecule has 5 nitrogen and oxygen atoms in total. The first-order valence-corrected chi connectivity index (χ1v) is 11.9. The van der Waals surface area contributed by atoms with Gasteiger partial charge in [0.2, 0.25) is 0 Å². The second kappa shape index (κ2) is 8.79. The number of aliphatic hydroxyl groups is 2. The quantitative estimate of drug-likeness (QED) is 0.692. The van der Waals surface area contributed by atoms with Gasteiger partial charge in [0.1, 0.15) is 11.4 Å². The van der Waals surface area contributed by atoms with E-state index in [2.05, 4.69) is 0 Å². The first-order chi connectivity index (χ1) is 15.4. The summed E-state index contributed by atoms with van der Waals surface area (Å²) < 4.78 is 12.3. The molecule has 1 saturated carbocycles. The van der Waals surface area contributed by atoms with Gasteiger partial charge in [-0.1, -0.05) is 29.8 Å². The normalized spacial score (nSPS) is 26.7. The van der Waals surface area contributed by atoms with Gasteiger partial charge in [0.05, 0.1) is 36.9 Å². The number of fused-ring (bicyclic) bond motifs is 1. The van der Waals surface area contributed by atoms with Crippen molar-refractivity contribution in [1.29, 1.82) is 0 Å². The molecule has 2 aromatic rings. The van der Waals surface area contributed by atoms with E-state index in [4.69, 9.17) is 21.1 Å². The van der Waals surface area contributed by atoms with Gasteiger partial charge in [-0.3, -0.25) is 4.79 Å². The summed E-state index contributed by atoms with van der Waals surface area (Å²) >= 11 is 6.50. The number of benzene rings is 2. The fraction of sp³-hybridized carbons (Fsp3) is 0.500. The summed E-state index contributed by atoms with van der Waals surface area (Å²) in [7, 11) is 0. The molecule has 3 atom stereocenters. The first kappa shape index (κ1) is 21.9. The van der Waals surface area contributed by atoms with Crippen LogP contribution in [0.25, 0.3) is 0 Å². The average Bonchev–Trinajstić information content (AvgIpc) is 3.22. The van der Waals surface area contributed by atoms with E-state index < -0.39 is 6.10 Å². The Balaban J connectivity index is 1.37. The molecule has 2 aliphatic heterocycles. The lowest BCUT2D eigenvalue weighted by atomic mass is 9.87. The summed E-state index contributed by atoms with van der Waals surface area (Å²) in [6.45, 7) is -0.111. The molecule has 1 spiro atoms. The van der Waals surface area contributed by atoms with E-state index in [9.17, 15) is 15.0 Å². The number of carbonyl (C=O) groups excluding carboxylic acids is 1. The molecule has 0 aromatic heterocycles. The second-order valence-corrected chi connectivity index (χ2v) is 9.91. The van der Waals surface area contributed by atoms with Crippen LogP contribution in [-0.4, -0.2) is 40.4 Å². The number of halogens is 1. The van der Waals surface area contributed by atoms with Crippen LogP contribution in [0.3, 0.4) is 0 Å². The van der Waals surface area contributed by atoms with Crippen LogP contribution < -0.4 is 4.74 Å². The van der Waals surface area contributed by atoms with Crippen LogP contribution in [0, 0.1) is 0 Å². The van der Waals surface area contributed by atoms with Crippen LogP contribution in [0.5, 0.6) is 5.75 Å². The summed E-state index contributed by atoms with van der Waals surface area (Å²) in [6, 6.07) is 11.6. The number of carbonyl (C=O) groups is 1. The smallest absolute Gasteiger partial charge is 0.170 e. The Labute approximate surface area is 193 Å². The van der Waals surface area contributed by atoms with Crippen LogP contribution >= 0.6 is 11.6 Å².